The lowest BCUT2D eigenvalue weighted by atomic mass is 10.1. The highest BCUT2D eigenvalue weighted by Crippen LogP contribution is 2.40. The van der Waals surface area contributed by atoms with Crippen molar-refractivity contribution in [1.29, 1.82) is 0 Å². The number of rotatable bonds is 8. The van der Waals surface area contributed by atoms with Gasteiger partial charge in [-0.25, -0.2) is 0 Å². The standard InChI is InChI=1S/C25H26F3N3O5/c1-14(32)15-3-7-21(20(11-15)25(26,27)28)36-19-6-4-17(29-13-19)12-30-23(35)24(8-9-24)31-22(34)16-2-5-18(33)10-16/h3-4,6-7,11,13-14,16,32H,2,5,8-10,12H2,1H3,(H,30,35)(H,31,34). The molecule has 1 aromatic carbocycles. The van der Waals surface area contributed by atoms with Crippen molar-refractivity contribution < 1.29 is 37.4 Å². The van der Waals surface area contributed by atoms with Gasteiger partial charge in [-0.2, -0.15) is 13.2 Å². The van der Waals surface area contributed by atoms with Crippen LogP contribution in [0.4, 0.5) is 13.2 Å². The number of alkyl halides is 3. The Kier molecular flexibility index (Phi) is 7.03. The van der Waals surface area contributed by atoms with Crippen molar-refractivity contribution in [3.05, 3.63) is 53.3 Å². The third kappa shape index (κ3) is 5.84. The number of aliphatic hydroxyl groups excluding tert-OH is 1. The lowest BCUT2D eigenvalue weighted by Crippen LogP contribution is -2.50. The molecule has 4 rings (SSSR count). The molecule has 0 bridgehead atoms. The molecule has 0 spiro atoms. The van der Waals surface area contributed by atoms with Crippen molar-refractivity contribution in [2.75, 3.05) is 0 Å². The van der Waals surface area contributed by atoms with Gasteiger partial charge >= 0.3 is 6.18 Å². The normalized spacial score (nSPS) is 19.5. The Hall–Kier alpha value is -3.47. The summed E-state index contributed by atoms with van der Waals surface area (Å²) in [5.41, 5.74) is -1.44. The van der Waals surface area contributed by atoms with E-state index in [2.05, 4.69) is 15.6 Å². The van der Waals surface area contributed by atoms with Crippen molar-refractivity contribution in [3.63, 3.8) is 0 Å². The van der Waals surface area contributed by atoms with Crippen LogP contribution in [-0.4, -0.2) is 33.2 Å². The second-order valence-electron chi connectivity index (χ2n) is 9.25. The molecule has 192 valence electrons. The zero-order valence-corrected chi connectivity index (χ0v) is 19.5. The van der Waals surface area contributed by atoms with Crippen LogP contribution in [0.25, 0.3) is 0 Å². The zero-order chi connectivity index (χ0) is 26.1. The van der Waals surface area contributed by atoms with Crippen LogP contribution in [0.15, 0.2) is 36.5 Å². The summed E-state index contributed by atoms with van der Waals surface area (Å²) in [6.45, 7) is 1.42. The van der Waals surface area contributed by atoms with E-state index in [1.165, 1.54) is 31.3 Å². The van der Waals surface area contributed by atoms with E-state index in [9.17, 15) is 32.7 Å². The summed E-state index contributed by atoms with van der Waals surface area (Å²) in [5.74, 6) is -1.34. The molecule has 2 fully saturated rings. The number of pyridine rings is 1. The number of hydrogen-bond donors (Lipinski definition) is 3. The highest BCUT2D eigenvalue weighted by atomic mass is 19.4. The maximum absolute atomic E-state index is 13.5. The Bertz CT molecular complexity index is 1160. The van der Waals surface area contributed by atoms with E-state index in [-0.39, 0.29) is 41.9 Å². The molecular formula is C25H26F3N3O5. The number of nitrogens with zero attached hydrogens (tertiary/aromatic N) is 1. The molecule has 2 amide bonds. The molecular weight excluding hydrogens is 479 g/mol. The summed E-state index contributed by atoms with van der Waals surface area (Å²) in [7, 11) is 0. The molecule has 2 atom stereocenters. The van der Waals surface area contributed by atoms with Gasteiger partial charge in [0.2, 0.25) is 11.8 Å². The zero-order valence-electron chi connectivity index (χ0n) is 19.5. The van der Waals surface area contributed by atoms with E-state index in [4.69, 9.17) is 4.74 Å². The van der Waals surface area contributed by atoms with E-state index in [0.29, 0.717) is 31.4 Å². The number of ketones is 1. The number of ether oxygens (including phenoxy) is 1. The average Bonchev–Trinajstić information content (AvgIpc) is 3.48. The summed E-state index contributed by atoms with van der Waals surface area (Å²) in [4.78, 5) is 40.6. The Morgan fingerprint density at radius 3 is 2.56 bits per heavy atom. The molecule has 11 heteroatoms. The highest BCUT2D eigenvalue weighted by Gasteiger charge is 2.52. The molecule has 1 aromatic heterocycles. The predicted molar refractivity (Wildman–Crippen MR) is 121 cm³/mol. The molecule has 36 heavy (non-hydrogen) atoms. The van der Waals surface area contributed by atoms with Crippen LogP contribution in [0.2, 0.25) is 0 Å². The van der Waals surface area contributed by atoms with Crippen LogP contribution in [-0.2, 0) is 27.1 Å². The number of Topliss-reactive ketones (excluding diaryl/α,β-unsaturated/α-hetero) is 1. The number of benzene rings is 1. The SMILES string of the molecule is CC(O)c1ccc(Oc2ccc(CNC(=O)C3(NC(=O)C4CCC(=O)C4)CC3)nc2)c(C(F)(F)F)c1. The average molecular weight is 505 g/mol. The van der Waals surface area contributed by atoms with Crippen LogP contribution in [0.3, 0.4) is 0 Å². The summed E-state index contributed by atoms with van der Waals surface area (Å²) < 4.78 is 45.8. The van der Waals surface area contributed by atoms with Gasteiger partial charge < -0.3 is 20.5 Å². The summed E-state index contributed by atoms with van der Waals surface area (Å²) >= 11 is 0. The second kappa shape index (κ2) is 9.88. The lowest BCUT2D eigenvalue weighted by Gasteiger charge is -2.19. The third-order valence-electron chi connectivity index (χ3n) is 6.41. The number of halogens is 3. The van der Waals surface area contributed by atoms with Crippen LogP contribution < -0.4 is 15.4 Å². The molecule has 2 aliphatic rings. The summed E-state index contributed by atoms with van der Waals surface area (Å²) in [6.07, 6.45) is -2.41. The van der Waals surface area contributed by atoms with Crippen LogP contribution in [0, 0.1) is 5.92 Å². The minimum atomic E-state index is -4.68. The van der Waals surface area contributed by atoms with Crippen molar-refractivity contribution in [2.45, 2.75) is 63.4 Å². The molecule has 2 saturated carbocycles. The van der Waals surface area contributed by atoms with Gasteiger partial charge in [0.05, 0.1) is 30.1 Å². The van der Waals surface area contributed by atoms with Gasteiger partial charge in [0.1, 0.15) is 22.8 Å². The summed E-state index contributed by atoms with van der Waals surface area (Å²) in [6, 6.07) is 6.28. The van der Waals surface area contributed by atoms with E-state index < -0.39 is 35.1 Å². The maximum Gasteiger partial charge on any atom is 0.419 e. The largest absolute Gasteiger partial charge is 0.455 e. The lowest BCUT2D eigenvalue weighted by molar-refractivity contribution is -0.138. The number of carbonyl (C=O) groups excluding carboxylic acids is 3. The van der Waals surface area contributed by atoms with Crippen LogP contribution in [0.1, 0.15) is 62.0 Å². The number of carbonyl (C=O) groups is 3. The van der Waals surface area contributed by atoms with E-state index in [1.54, 1.807) is 0 Å². The smallest absolute Gasteiger partial charge is 0.419 e. The molecule has 1 heterocycles. The first-order valence-electron chi connectivity index (χ1n) is 11.6. The Balaban J connectivity index is 1.34. The monoisotopic (exact) mass is 505 g/mol. The number of hydrogen-bond acceptors (Lipinski definition) is 6. The van der Waals surface area contributed by atoms with Gasteiger partial charge in [0, 0.05) is 18.8 Å². The number of amides is 2. The molecule has 2 aromatic rings. The summed E-state index contributed by atoms with van der Waals surface area (Å²) in [5, 5.41) is 15.1. The fraction of sp³-hybridized carbons (Fsp3) is 0.440. The third-order valence-corrected chi connectivity index (χ3v) is 6.41. The van der Waals surface area contributed by atoms with Crippen molar-refractivity contribution in [3.8, 4) is 11.5 Å². The number of nitrogens with one attached hydrogen (secondary N) is 2. The molecule has 0 saturated heterocycles. The fourth-order valence-electron chi connectivity index (χ4n) is 4.07. The van der Waals surface area contributed by atoms with Crippen LogP contribution >= 0.6 is 0 Å². The molecule has 0 radical (unpaired) electrons. The quantitative estimate of drug-likeness (QED) is 0.505. The van der Waals surface area contributed by atoms with Gasteiger partial charge in [-0.05, 0) is 56.0 Å². The highest BCUT2D eigenvalue weighted by molar-refractivity contribution is 5.96. The van der Waals surface area contributed by atoms with Crippen molar-refractivity contribution >= 4 is 17.6 Å². The minimum absolute atomic E-state index is 0.0503. The molecule has 8 nitrogen and oxygen atoms in total. The fourth-order valence-corrected chi connectivity index (χ4v) is 4.07. The Labute approximate surface area is 205 Å². The molecule has 3 N–H and O–H groups in total. The Morgan fingerprint density at radius 1 is 1.25 bits per heavy atom. The topological polar surface area (TPSA) is 118 Å². The molecule has 2 aliphatic carbocycles. The van der Waals surface area contributed by atoms with Gasteiger partial charge in [0.25, 0.3) is 0 Å². The van der Waals surface area contributed by atoms with Crippen molar-refractivity contribution in [2.24, 2.45) is 5.92 Å². The second-order valence-corrected chi connectivity index (χ2v) is 9.25. The Morgan fingerprint density at radius 2 is 2.00 bits per heavy atom. The first-order valence-corrected chi connectivity index (χ1v) is 11.6. The van der Waals surface area contributed by atoms with Crippen molar-refractivity contribution in [1.82, 2.24) is 15.6 Å². The minimum Gasteiger partial charge on any atom is -0.455 e. The van der Waals surface area contributed by atoms with Gasteiger partial charge in [-0.1, -0.05) is 6.07 Å². The maximum atomic E-state index is 13.5. The first kappa shape index (κ1) is 25.6. The van der Waals surface area contributed by atoms with Gasteiger partial charge in [-0.3, -0.25) is 19.4 Å². The van der Waals surface area contributed by atoms with E-state index in [1.807, 2.05) is 0 Å². The molecule has 0 aliphatic heterocycles. The van der Waals surface area contributed by atoms with Crippen LogP contribution in [0.5, 0.6) is 11.5 Å². The van der Waals surface area contributed by atoms with Gasteiger partial charge in [0.15, 0.2) is 0 Å². The van der Waals surface area contributed by atoms with E-state index in [0.717, 1.165) is 12.1 Å². The van der Waals surface area contributed by atoms with E-state index >= 15 is 0 Å². The predicted octanol–water partition coefficient (Wildman–Crippen LogP) is 3.58. The number of aromatic nitrogens is 1. The van der Waals surface area contributed by atoms with Gasteiger partial charge in [-0.15, -0.1) is 0 Å². The first-order chi connectivity index (χ1) is 17.0. The number of aliphatic hydroxyl groups is 1. The molecule has 2 unspecified atom stereocenters.